The van der Waals surface area contributed by atoms with Crippen LogP contribution in [0.2, 0.25) is 0 Å². The van der Waals surface area contributed by atoms with E-state index in [0.717, 1.165) is 36.7 Å². The quantitative estimate of drug-likeness (QED) is 0.718. The fourth-order valence-corrected chi connectivity index (χ4v) is 3.00. The number of amides is 1. The topological polar surface area (TPSA) is 86.0 Å². The lowest BCUT2D eigenvalue weighted by Crippen LogP contribution is -2.28. The Bertz CT molecular complexity index is 906. The second-order valence-corrected chi connectivity index (χ2v) is 6.06. The number of aromatic nitrogens is 4. The Morgan fingerprint density at radius 1 is 1.38 bits per heavy atom. The molecule has 8 heteroatoms. The molecule has 3 heterocycles. The first kappa shape index (κ1) is 16.3. The number of carbonyl (C=O) groups is 1. The van der Waals surface area contributed by atoms with E-state index in [1.165, 1.54) is 0 Å². The lowest BCUT2D eigenvalue weighted by atomic mass is 10.3. The van der Waals surface area contributed by atoms with E-state index in [0.29, 0.717) is 17.9 Å². The third-order valence-electron chi connectivity index (χ3n) is 4.33. The van der Waals surface area contributed by atoms with Crippen molar-refractivity contribution in [1.29, 1.82) is 0 Å². The summed E-state index contributed by atoms with van der Waals surface area (Å²) in [6, 6.07) is 9.54. The van der Waals surface area contributed by atoms with Crippen LogP contribution in [0.15, 0.2) is 42.7 Å². The van der Waals surface area contributed by atoms with Crippen LogP contribution in [-0.2, 0) is 19.6 Å². The van der Waals surface area contributed by atoms with Crippen LogP contribution in [0.1, 0.15) is 21.7 Å². The van der Waals surface area contributed by atoms with Gasteiger partial charge in [-0.15, -0.1) is 0 Å². The summed E-state index contributed by atoms with van der Waals surface area (Å²) in [4.78, 5) is 12.4. The van der Waals surface area contributed by atoms with Gasteiger partial charge in [0.25, 0.3) is 5.91 Å². The highest BCUT2D eigenvalue weighted by Gasteiger charge is 2.14. The Balaban J connectivity index is 1.44. The second-order valence-electron chi connectivity index (χ2n) is 6.06. The van der Waals surface area contributed by atoms with Gasteiger partial charge in [-0.25, -0.2) is 4.68 Å². The van der Waals surface area contributed by atoms with Gasteiger partial charge in [-0.05, 0) is 18.2 Å². The molecule has 26 heavy (non-hydrogen) atoms. The minimum Gasteiger partial charge on any atom is -0.494 e. The number of para-hydroxylation sites is 2. The van der Waals surface area contributed by atoms with E-state index in [1.807, 2.05) is 35.0 Å². The van der Waals surface area contributed by atoms with E-state index < -0.39 is 0 Å². The molecule has 1 aromatic carbocycles. The average Bonchev–Trinajstić information content (AvgIpc) is 3.33. The molecular weight excluding hydrogens is 332 g/mol. The number of rotatable bonds is 5. The highest BCUT2D eigenvalue weighted by atomic mass is 16.5. The molecule has 0 aliphatic carbocycles. The van der Waals surface area contributed by atoms with Crippen molar-refractivity contribution in [3.05, 3.63) is 59.7 Å². The normalized spacial score (nSPS) is 13.3. The number of ether oxygens (including phenoxy) is 1. The monoisotopic (exact) mass is 352 g/mol. The van der Waals surface area contributed by atoms with Crippen LogP contribution in [0.3, 0.4) is 0 Å². The number of hydrogen-bond acceptors (Lipinski definition) is 5. The van der Waals surface area contributed by atoms with Crippen molar-refractivity contribution in [3.63, 3.8) is 0 Å². The zero-order valence-electron chi connectivity index (χ0n) is 14.5. The Hall–Kier alpha value is -3.13. The van der Waals surface area contributed by atoms with Crippen LogP contribution in [0.5, 0.6) is 5.75 Å². The van der Waals surface area contributed by atoms with Crippen molar-refractivity contribution in [3.8, 4) is 11.4 Å². The van der Waals surface area contributed by atoms with Gasteiger partial charge < -0.3 is 15.4 Å². The van der Waals surface area contributed by atoms with Crippen molar-refractivity contribution in [1.82, 2.24) is 30.2 Å². The molecule has 3 aromatic rings. The molecule has 1 aliphatic rings. The summed E-state index contributed by atoms with van der Waals surface area (Å²) in [5, 5.41) is 15.0. The Kier molecular flexibility index (Phi) is 4.40. The predicted octanol–water partition coefficient (Wildman–Crippen LogP) is 1.11. The fraction of sp³-hybridized carbons (Fsp3) is 0.278. The summed E-state index contributed by atoms with van der Waals surface area (Å²) in [6.07, 6.45) is 3.24. The van der Waals surface area contributed by atoms with E-state index in [1.54, 1.807) is 24.2 Å². The van der Waals surface area contributed by atoms with Gasteiger partial charge in [-0.2, -0.15) is 10.2 Å². The van der Waals surface area contributed by atoms with E-state index >= 15 is 0 Å². The molecule has 0 unspecified atom stereocenters. The van der Waals surface area contributed by atoms with Crippen LogP contribution >= 0.6 is 0 Å². The van der Waals surface area contributed by atoms with E-state index in [-0.39, 0.29) is 5.91 Å². The van der Waals surface area contributed by atoms with Crippen LogP contribution in [0.4, 0.5) is 0 Å². The molecule has 0 radical (unpaired) electrons. The summed E-state index contributed by atoms with van der Waals surface area (Å²) in [5.74, 6) is 0.509. The Labute approximate surface area is 150 Å². The maximum Gasteiger partial charge on any atom is 0.254 e. The predicted molar refractivity (Wildman–Crippen MR) is 95.2 cm³/mol. The average molecular weight is 352 g/mol. The molecule has 0 atom stereocenters. The lowest BCUT2D eigenvalue weighted by molar-refractivity contribution is 0.0950. The van der Waals surface area contributed by atoms with Crippen molar-refractivity contribution in [2.24, 2.45) is 0 Å². The first-order valence-electron chi connectivity index (χ1n) is 8.47. The van der Waals surface area contributed by atoms with Gasteiger partial charge in [0, 0.05) is 19.3 Å². The molecule has 2 N–H and O–H groups in total. The summed E-state index contributed by atoms with van der Waals surface area (Å²) >= 11 is 0. The third kappa shape index (κ3) is 3.18. The second kappa shape index (κ2) is 7.01. The van der Waals surface area contributed by atoms with Crippen LogP contribution in [0.25, 0.3) is 5.69 Å². The summed E-state index contributed by atoms with van der Waals surface area (Å²) in [7, 11) is 1.61. The van der Waals surface area contributed by atoms with Gasteiger partial charge in [-0.1, -0.05) is 12.1 Å². The summed E-state index contributed by atoms with van der Waals surface area (Å²) in [5.41, 5.74) is 3.27. The number of nitrogens with one attached hydrogen (secondary N) is 2. The van der Waals surface area contributed by atoms with Crippen molar-refractivity contribution < 1.29 is 9.53 Å². The number of benzene rings is 1. The van der Waals surface area contributed by atoms with E-state index in [2.05, 4.69) is 20.8 Å². The van der Waals surface area contributed by atoms with Crippen molar-refractivity contribution >= 4 is 5.91 Å². The minimum atomic E-state index is -0.185. The molecule has 0 bridgehead atoms. The third-order valence-corrected chi connectivity index (χ3v) is 4.33. The molecule has 1 amide bonds. The van der Waals surface area contributed by atoms with E-state index in [9.17, 15) is 4.79 Å². The number of methoxy groups -OCH3 is 1. The SMILES string of the molecule is COc1ccccc1-n1cc(C(=O)NCc2cc3n(n2)CCNC3)cn1. The smallest absolute Gasteiger partial charge is 0.254 e. The minimum absolute atomic E-state index is 0.185. The zero-order chi connectivity index (χ0) is 17.9. The van der Waals surface area contributed by atoms with Crippen LogP contribution < -0.4 is 15.4 Å². The first-order valence-corrected chi connectivity index (χ1v) is 8.47. The summed E-state index contributed by atoms with van der Waals surface area (Å²) < 4.78 is 8.96. The van der Waals surface area contributed by atoms with Crippen LogP contribution in [0, 0.1) is 0 Å². The van der Waals surface area contributed by atoms with E-state index in [4.69, 9.17) is 4.74 Å². The molecule has 1 aliphatic heterocycles. The Morgan fingerprint density at radius 3 is 3.12 bits per heavy atom. The Morgan fingerprint density at radius 2 is 2.27 bits per heavy atom. The number of carbonyl (C=O) groups excluding carboxylic acids is 1. The number of nitrogens with zero attached hydrogens (tertiary/aromatic N) is 4. The maximum atomic E-state index is 12.4. The van der Waals surface area contributed by atoms with Gasteiger partial charge in [-0.3, -0.25) is 9.48 Å². The fourth-order valence-electron chi connectivity index (χ4n) is 3.00. The number of fused-ring (bicyclic) bond motifs is 1. The van der Waals surface area contributed by atoms with Gasteiger partial charge in [0.15, 0.2) is 0 Å². The van der Waals surface area contributed by atoms with Gasteiger partial charge in [0.05, 0.1) is 43.3 Å². The molecule has 0 saturated carbocycles. The molecule has 2 aromatic heterocycles. The van der Waals surface area contributed by atoms with Gasteiger partial charge in [0.2, 0.25) is 0 Å². The maximum absolute atomic E-state index is 12.4. The molecule has 0 fully saturated rings. The highest BCUT2D eigenvalue weighted by Crippen LogP contribution is 2.21. The molecule has 134 valence electrons. The standard InChI is InChI=1S/C18H20N6O2/c1-26-17-5-3-2-4-16(17)24-12-13(9-21-24)18(25)20-10-14-8-15-11-19-6-7-23(15)22-14/h2-5,8-9,12,19H,6-7,10-11H2,1H3,(H,20,25). The first-order chi connectivity index (χ1) is 12.7. The van der Waals surface area contributed by atoms with Crippen molar-refractivity contribution in [2.75, 3.05) is 13.7 Å². The highest BCUT2D eigenvalue weighted by molar-refractivity contribution is 5.93. The molecule has 0 saturated heterocycles. The lowest BCUT2D eigenvalue weighted by Gasteiger charge is -2.13. The molecule has 4 rings (SSSR count). The molecule has 8 nitrogen and oxygen atoms in total. The zero-order valence-corrected chi connectivity index (χ0v) is 14.5. The molecule has 0 spiro atoms. The largest absolute Gasteiger partial charge is 0.494 e. The summed E-state index contributed by atoms with van der Waals surface area (Å²) in [6.45, 7) is 2.98. The molecular formula is C18H20N6O2. The number of hydrogen-bond donors (Lipinski definition) is 2. The van der Waals surface area contributed by atoms with Gasteiger partial charge in [0.1, 0.15) is 11.4 Å². The van der Waals surface area contributed by atoms with Gasteiger partial charge >= 0.3 is 0 Å². The van der Waals surface area contributed by atoms with Crippen molar-refractivity contribution in [2.45, 2.75) is 19.6 Å². The van der Waals surface area contributed by atoms with Crippen LogP contribution in [-0.4, -0.2) is 39.1 Å².